The molecule has 0 radical (unpaired) electrons. The van der Waals surface area contributed by atoms with Crippen molar-refractivity contribution in [1.82, 2.24) is 19.9 Å². The van der Waals surface area contributed by atoms with E-state index in [1.54, 1.807) is 12.1 Å². The molecule has 0 saturated carbocycles. The number of hydrogen-bond donors (Lipinski definition) is 2. The number of aryl methyl sites for hydroxylation is 1. The quantitative estimate of drug-likeness (QED) is 0.171. The first-order valence-electron chi connectivity index (χ1n) is 14.9. The second-order valence-corrected chi connectivity index (χ2v) is 11.3. The smallest absolute Gasteiger partial charge is 0.256 e. The zero-order valence-electron chi connectivity index (χ0n) is 24.9. The number of nitrogens with one attached hydrogen (secondary N) is 2. The van der Waals surface area contributed by atoms with Gasteiger partial charge in [0.2, 0.25) is 0 Å². The lowest BCUT2D eigenvalue weighted by atomic mass is 9.89. The number of ether oxygens (including phenoxy) is 2. The van der Waals surface area contributed by atoms with E-state index < -0.39 is 12.2 Å². The van der Waals surface area contributed by atoms with Crippen LogP contribution in [0.2, 0.25) is 0 Å². The number of benzene rings is 4. The summed E-state index contributed by atoms with van der Waals surface area (Å²) in [5.74, 6) is 1.65. The summed E-state index contributed by atoms with van der Waals surface area (Å²) in [7, 11) is 1.90. The van der Waals surface area contributed by atoms with Crippen LogP contribution in [0.4, 0.5) is 5.82 Å². The Balaban J connectivity index is 1.14. The van der Waals surface area contributed by atoms with Gasteiger partial charge in [-0.15, -0.1) is 0 Å². The van der Waals surface area contributed by atoms with Gasteiger partial charge in [-0.1, -0.05) is 84.4 Å². The van der Waals surface area contributed by atoms with E-state index in [4.69, 9.17) is 21.1 Å². The Kier molecular flexibility index (Phi) is 8.10. The molecule has 0 spiro atoms. The first-order chi connectivity index (χ1) is 22.5. The van der Waals surface area contributed by atoms with Crippen molar-refractivity contribution in [3.05, 3.63) is 161 Å². The average Bonchev–Trinajstić information content (AvgIpc) is 3.48. The molecule has 0 aliphatic heterocycles. The molecule has 46 heavy (non-hydrogen) atoms. The number of amides is 1. The molecule has 2 heterocycles. The number of aromatic nitrogens is 3. The van der Waals surface area contributed by atoms with Gasteiger partial charge in [-0.2, -0.15) is 0 Å². The largest absolute Gasteiger partial charge is 0.480 e. The fraction of sp³-hybridized carbons (Fsp3) is 0.108. The van der Waals surface area contributed by atoms with Gasteiger partial charge in [-0.05, 0) is 48.0 Å². The second kappa shape index (κ2) is 12.8. The van der Waals surface area contributed by atoms with E-state index in [0.717, 1.165) is 33.5 Å². The number of fused-ring (bicyclic) bond motifs is 2. The van der Waals surface area contributed by atoms with Crippen LogP contribution < -0.4 is 20.1 Å². The minimum atomic E-state index is -0.526. The summed E-state index contributed by atoms with van der Waals surface area (Å²) < 4.78 is 14.9. The van der Waals surface area contributed by atoms with E-state index >= 15 is 0 Å². The van der Waals surface area contributed by atoms with E-state index in [-0.39, 0.29) is 5.91 Å². The maximum Gasteiger partial charge on any atom is 0.256 e. The summed E-state index contributed by atoms with van der Waals surface area (Å²) in [5.41, 5.74) is 4.83. The summed E-state index contributed by atoms with van der Waals surface area (Å²) in [4.78, 5) is 21.7. The van der Waals surface area contributed by atoms with Crippen LogP contribution in [0.3, 0.4) is 0 Å². The molecule has 228 valence electrons. The number of carbonyl (C=O) groups excluding carboxylic acids is 1. The number of hydrogen-bond acceptors (Lipinski definition) is 6. The Bertz CT molecular complexity index is 2030. The van der Waals surface area contributed by atoms with Gasteiger partial charge in [0.05, 0.1) is 16.1 Å². The highest BCUT2D eigenvalue weighted by molar-refractivity contribution is 6.30. The highest BCUT2D eigenvalue weighted by atomic mass is 35.5. The molecule has 2 unspecified atom stereocenters. The van der Waals surface area contributed by atoms with Crippen molar-refractivity contribution in [3.8, 4) is 11.5 Å². The Morgan fingerprint density at radius 3 is 2.07 bits per heavy atom. The molecule has 2 N–H and O–H groups in total. The molecule has 1 aliphatic carbocycles. The summed E-state index contributed by atoms with van der Waals surface area (Å²) in [6, 6.07) is 36.7. The standard InChI is InChI=1S/C37H30ClN5O3/c1-43-21-20-30-35(40-23-41-36(30)43)42-37(44)25-18-16-24(17-19-25)22-39-32-31(38)33(45-26-10-4-2-5-11-26)28-14-8-9-15-29(28)34(32)46-27-12-6-3-7-13-27/h2-21,23,33-34,39H,22H2,1H3,(H,40,41,42,44). The van der Waals surface area contributed by atoms with Gasteiger partial charge in [0.15, 0.2) is 12.2 Å². The lowest BCUT2D eigenvalue weighted by Gasteiger charge is -2.34. The van der Waals surface area contributed by atoms with Crippen molar-refractivity contribution in [2.75, 3.05) is 5.32 Å². The topological polar surface area (TPSA) is 90.3 Å². The van der Waals surface area contributed by atoms with Crippen LogP contribution >= 0.6 is 11.6 Å². The molecular formula is C37H30ClN5O3. The summed E-state index contributed by atoms with van der Waals surface area (Å²) in [5, 5.41) is 7.75. The number of para-hydroxylation sites is 2. The van der Waals surface area contributed by atoms with Crippen LogP contribution in [0.1, 0.15) is 39.3 Å². The number of rotatable bonds is 9. The lowest BCUT2D eigenvalue weighted by Crippen LogP contribution is -2.31. The van der Waals surface area contributed by atoms with E-state index in [1.807, 2.05) is 121 Å². The molecule has 9 heteroatoms. The van der Waals surface area contributed by atoms with Crippen molar-refractivity contribution in [1.29, 1.82) is 0 Å². The van der Waals surface area contributed by atoms with Crippen molar-refractivity contribution in [3.63, 3.8) is 0 Å². The van der Waals surface area contributed by atoms with Gasteiger partial charge in [-0.25, -0.2) is 9.97 Å². The van der Waals surface area contributed by atoms with Crippen LogP contribution in [-0.4, -0.2) is 20.4 Å². The third-order valence-corrected chi connectivity index (χ3v) is 8.30. The average molecular weight is 628 g/mol. The highest BCUT2D eigenvalue weighted by Gasteiger charge is 2.36. The molecule has 4 aromatic carbocycles. The molecule has 1 aliphatic rings. The van der Waals surface area contributed by atoms with Crippen LogP contribution in [0.15, 0.2) is 139 Å². The van der Waals surface area contributed by atoms with E-state index in [2.05, 4.69) is 20.6 Å². The predicted octanol–water partition coefficient (Wildman–Crippen LogP) is 7.71. The van der Waals surface area contributed by atoms with E-state index in [1.165, 1.54) is 6.33 Å². The fourth-order valence-electron chi connectivity index (χ4n) is 5.56. The zero-order valence-corrected chi connectivity index (χ0v) is 25.7. The van der Waals surface area contributed by atoms with Crippen LogP contribution in [0.5, 0.6) is 11.5 Å². The molecule has 2 aromatic heterocycles. The van der Waals surface area contributed by atoms with Crippen molar-refractivity contribution in [2.45, 2.75) is 18.8 Å². The Morgan fingerprint density at radius 1 is 0.783 bits per heavy atom. The van der Waals surface area contributed by atoms with Crippen molar-refractivity contribution in [2.24, 2.45) is 7.05 Å². The summed E-state index contributed by atoms with van der Waals surface area (Å²) >= 11 is 7.19. The molecule has 7 rings (SSSR count). The molecule has 1 amide bonds. The minimum Gasteiger partial charge on any atom is -0.480 e. The third-order valence-electron chi connectivity index (χ3n) is 7.90. The molecule has 0 fully saturated rings. The van der Waals surface area contributed by atoms with Crippen LogP contribution in [0, 0.1) is 0 Å². The third kappa shape index (κ3) is 5.90. The van der Waals surface area contributed by atoms with Gasteiger partial charge in [0.25, 0.3) is 5.91 Å². The molecule has 2 atom stereocenters. The predicted molar refractivity (Wildman–Crippen MR) is 179 cm³/mol. The molecule has 0 bridgehead atoms. The first kappa shape index (κ1) is 29.1. The van der Waals surface area contributed by atoms with Crippen LogP contribution in [0.25, 0.3) is 11.0 Å². The number of halogens is 1. The van der Waals surface area contributed by atoms with Crippen LogP contribution in [-0.2, 0) is 13.6 Å². The zero-order chi connectivity index (χ0) is 31.5. The normalized spacial score (nSPS) is 15.7. The summed E-state index contributed by atoms with van der Waals surface area (Å²) in [6.07, 6.45) is 2.31. The molecular weight excluding hydrogens is 598 g/mol. The Labute approximate surface area is 271 Å². The summed E-state index contributed by atoms with van der Waals surface area (Å²) in [6.45, 7) is 0.443. The highest BCUT2D eigenvalue weighted by Crippen LogP contribution is 2.45. The van der Waals surface area contributed by atoms with Gasteiger partial charge in [0.1, 0.15) is 29.3 Å². The molecule has 8 nitrogen and oxygen atoms in total. The second-order valence-electron chi connectivity index (χ2n) is 10.9. The molecule has 6 aromatic rings. The first-order valence-corrected chi connectivity index (χ1v) is 15.2. The maximum absolute atomic E-state index is 13.1. The fourth-order valence-corrected chi connectivity index (χ4v) is 5.89. The van der Waals surface area contributed by atoms with Gasteiger partial charge < -0.3 is 24.7 Å². The monoisotopic (exact) mass is 627 g/mol. The number of nitrogens with zero attached hydrogens (tertiary/aromatic N) is 3. The van der Waals surface area contributed by atoms with Crippen molar-refractivity contribution >= 4 is 34.4 Å². The Hall–Kier alpha value is -5.60. The number of anilines is 1. The number of carbonyl (C=O) groups is 1. The minimum absolute atomic E-state index is 0.254. The van der Waals surface area contributed by atoms with E-state index in [0.29, 0.717) is 34.4 Å². The molecule has 0 saturated heterocycles. The Morgan fingerprint density at radius 2 is 1.39 bits per heavy atom. The maximum atomic E-state index is 13.1. The lowest BCUT2D eigenvalue weighted by molar-refractivity contribution is 0.102. The van der Waals surface area contributed by atoms with Gasteiger partial charge >= 0.3 is 0 Å². The van der Waals surface area contributed by atoms with Gasteiger partial charge in [-0.3, -0.25) is 4.79 Å². The SMILES string of the molecule is Cn1ccc2c(NC(=O)c3ccc(CNC4=C(Cl)C(Oc5ccccc5)c5ccccc5C4Oc4ccccc4)cc3)ncnc21. The van der Waals surface area contributed by atoms with Crippen molar-refractivity contribution < 1.29 is 14.3 Å². The van der Waals surface area contributed by atoms with E-state index in [9.17, 15) is 4.79 Å². The van der Waals surface area contributed by atoms with Gasteiger partial charge in [0, 0.05) is 36.5 Å².